The lowest BCUT2D eigenvalue weighted by Gasteiger charge is -2.52. The zero-order valence-corrected chi connectivity index (χ0v) is 43.3. The highest BCUT2D eigenvalue weighted by atomic mass is 32.1. The summed E-state index contributed by atoms with van der Waals surface area (Å²) in [7, 11) is 1.43. The highest BCUT2D eigenvalue weighted by Crippen LogP contribution is 2.55. The van der Waals surface area contributed by atoms with Crippen LogP contribution in [0.15, 0.2) is 66.3 Å². The summed E-state index contributed by atoms with van der Waals surface area (Å²) in [4.78, 5) is 81.3. The molecule has 0 unspecified atom stereocenters. The molecule has 2 saturated heterocycles. The molecule has 2 aliphatic carbocycles. The summed E-state index contributed by atoms with van der Waals surface area (Å²) in [6.45, 7) is 10.7. The Balaban J connectivity index is 0.742. The van der Waals surface area contributed by atoms with E-state index in [0.29, 0.717) is 50.0 Å². The van der Waals surface area contributed by atoms with Crippen molar-refractivity contribution in [1.82, 2.24) is 40.2 Å². The Bertz CT molecular complexity index is 2910. The maximum absolute atomic E-state index is 14.4. The van der Waals surface area contributed by atoms with E-state index >= 15 is 0 Å². The van der Waals surface area contributed by atoms with Crippen molar-refractivity contribution in [3.05, 3.63) is 88.9 Å². The number of benzene rings is 2. The van der Waals surface area contributed by atoms with Crippen LogP contribution in [0.2, 0.25) is 0 Å². The first kappa shape index (κ1) is 52.5. The third-order valence-electron chi connectivity index (χ3n) is 15.7. The molecular formula is C54H64F3N9O7S. The average molecular weight is 1040 g/mol. The number of piperidine rings is 1. The van der Waals surface area contributed by atoms with Crippen LogP contribution in [-0.4, -0.2) is 109 Å². The molecule has 74 heavy (non-hydrogen) atoms. The Morgan fingerprint density at radius 2 is 1.61 bits per heavy atom. The van der Waals surface area contributed by atoms with Gasteiger partial charge >= 0.3 is 6.18 Å². The number of hydrogen-bond donors (Lipinski definition) is 4. The van der Waals surface area contributed by atoms with E-state index in [1.54, 1.807) is 23.5 Å². The molecule has 5 aromatic rings. The number of carbonyl (C=O) groups excluding carboxylic acids is 5. The Kier molecular flexibility index (Phi) is 14.7. The molecule has 0 radical (unpaired) electrons. The van der Waals surface area contributed by atoms with Gasteiger partial charge in [0.05, 0.1) is 52.6 Å². The van der Waals surface area contributed by atoms with Gasteiger partial charge in [0.15, 0.2) is 0 Å². The quantitative estimate of drug-likeness (QED) is 0.0943. The van der Waals surface area contributed by atoms with Gasteiger partial charge in [-0.25, -0.2) is 9.97 Å². The zero-order chi connectivity index (χ0) is 52.9. The maximum atomic E-state index is 14.4. The third-order valence-corrected chi connectivity index (χ3v) is 16.7. The molecule has 5 heterocycles. The van der Waals surface area contributed by atoms with Crippen molar-refractivity contribution >= 4 is 57.5 Å². The van der Waals surface area contributed by atoms with Crippen molar-refractivity contribution < 1.29 is 47.0 Å². The lowest BCUT2D eigenvalue weighted by Crippen LogP contribution is -2.58. The van der Waals surface area contributed by atoms with Crippen LogP contribution in [-0.2, 0) is 25.4 Å². The molecule has 0 bridgehead atoms. The fourth-order valence-electron chi connectivity index (χ4n) is 11.3. The number of halogens is 3. The largest absolute Gasteiger partial charge is 0.494 e. The summed E-state index contributed by atoms with van der Waals surface area (Å²) in [5.74, 6) is -2.01. The number of aryl methyl sites for hydroxylation is 1. The van der Waals surface area contributed by atoms with Gasteiger partial charge in [-0.05, 0) is 105 Å². The van der Waals surface area contributed by atoms with Crippen molar-refractivity contribution in [2.75, 3.05) is 32.1 Å². The number of nitrogens with one attached hydrogen (secondary N) is 3. The Hall–Kier alpha value is -6.41. The predicted molar refractivity (Wildman–Crippen MR) is 272 cm³/mol. The number of thiazole rings is 1. The minimum absolute atomic E-state index is 0.0243. The van der Waals surface area contributed by atoms with Gasteiger partial charge in [-0.15, -0.1) is 11.3 Å². The number of pyridine rings is 1. The summed E-state index contributed by atoms with van der Waals surface area (Å²) in [6, 6.07) is 12.3. The van der Waals surface area contributed by atoms with Crippen molar-refractivity contribution in [2.24, 2.45) is 22.7 Å². The van der Waals surface area contributed by atoms with Crippen LogP contribution >= 0.6 is 11.3 Å². The number of aliphatic hydroxyl groups is 1. The second-order valence-corrected chi connectivity index (χ2v) is 22.7. The highest BCUT2D eigenvalue weighted by Gasteiger charge is 2.49. The SMILES string of the molecule is COc1cc2nn(C3CC4(CCN(C(=O)C5CCC(C(=O)N[C@H](C(=O)N6C[C@H](O)C[C@H]6C(=O)N[C@@H](C)c6ccc(-c7scnc7C)cc6)C(C)(C)C)CC5)CC4)C3)cc2cc1NC(=O)c1cccc(C(F)(F)F)n1. The minimum Gasteiger partial charge on any atom is -0.494 e. The standard InChI is InChI=1S/C54H64F3N9O7S/c1-30(32-10-12-33(13-11-32)45-31(2)58-29-74-45)59-49(70)42-23-38(67)28-65(42)51(72)46(52(3,4)5)62-47(68)34-14-16-35(17-15-34)50(71)64-20-18-53(19-21-64)25-37(26-53)66-27-36-22-41(43(73-6)24-40(36)63-66)61-48(69)39-8-7-9-44(60-39)54(55,56)57/h7-13,22,24,27,29-30,34-35,37-38,42,46,67H,14-21,23,25-26,28H2,1-6H3,(H,59,70)(H,61,69)(H,62,68)/t30-,34?,35?,38+,42-,46+/m0/s1. The number of aromatic nitrogens is 4. The summed E-state index contributed by atoms with van der Waals surface area (Å²) in [6.07, 6.45) is 2.03. The van der Waals surface area contributed by atoms with Crippen LogP contribution < -0.4 is 20.7 Å². The molecule has 1 spiro atoms. The zero-order valence-electron chi connectivity index (χ0n) is 42.5. The number of ether oxygens (including phenoxy) is 1. The van der Waals surface area contributed by atoms with Gasteiger partial charge in [-0.2, -0.15) is 18.3 Å². The first-order valence-electron chi connectivity index (χ1n) is 25.4. The van der Waals surface area contributed by atoms with Crippen LogP contribution in [0.25, 0.3) is 21.3 Å². The highest BCUT2D eigenvalue weighted by molar-refractivity contribution is 7.13. The van der Waals surface area contributed by atoms with Crippen LogP contribution in [0.3, 0.4) is 0 Å². The van der Waals surface area contributed by atoms with Crippen molar-refractivity contribution in [3.63, 3.8) is 0 Å². The van der Waals surface area contributed by atoms with E-state index in [9.17, 15) is 42.3 Å². The fraction of sp³-hybridized carbons (Fsp3) is 0.519. The molecule has 3 aromatic heterocycles. The van der Waals surface area contributed by atoms with Crippen LogP contribution in [0, 0.1) is 29.6 Å². The van der Waals surface area contributed by atoms with E-state index in [4.69, 9.17) is 9.84 Å². The van der Waals surface area contributed by atoms with E-state index in [2.05, 4.69) is 25.9 Å². The second kappa shape index (κ2) is 20.7. The number of methoxy groups -OCH3 is 1. The third kappa shape index (κ3) is 11.0. The number of rotatable bonds is 12. The molecule has 4 N–H and O–H groups in total. The van der Waals surface area contributed by atoms with Gasteiger partial charge in [0.2, 0.25) is 23.6 Å². The number of β-amino-alcohol motifs (C(OH)–C–C–N with tert-alkyl or cyclic N) is 1. The van der Waals surface area contributed by atoms with Crippen molar-refractivity contribution in [3.8, 4) is 16.2 Å². The smallest absolute Gasteiger partial charge is 0.433 e. The average Bonchev–Trinajstić information content (AvgIpc) is 4.11. The van der Waals surface area contributed by atoms with E-state index < -0.39 is 47.3 Å². The first-order chi connectivity index (χ1) is 35.1. The molecule has 5 amide bonds. The van der Waals surface area contributed by atoms with Crippen LogP contribution in [0.5, 0.6) is 5.75 Å². The topological polar surface area (TPSA) is 201 Å². The summed E-state index contributed by atoms with van der Waals surface area (Å²) < 4.78 is 47.2. The molecule has 2 saturated carbocycles. The van der Waals surface area contributed by atoms with Gasteiger partial charge in [-0.1, -0.05) is 51.1 Å². The van der Waals surface area contributed by atoms with E-state index in [1.807, 2.05) is 80.2 Å². The fourth-order valence-corrected chi connectivity index (χ4v) is 12.1. The number of alkyl halides is 3. The second-order valence-electron chi connectivity index (χ2n) is 21.8. The number of carbonyl (C=O) groups is 5. The molecular weight excluding hydrogens is 976 g/mol. The normalized spacial score (nSPS) is 22.0. The number of hydrogen-bond acceptors (Lipinski definition) is 11. The van der Waals surface area contributed by atoms with Crippen molar-refractivity contribution in [1.29, 1.82) is 0 Å². The Morgan fingerprint density at radius 1 is 0.919 bits per heavy atom. The summed E-state index contributed by atoms with van der Waals surface area (Å²) in [5.41, 5.74) is 3.42. The van der Waals surface area contributed by atoms with Gasteiger partial charge in [-0.3, -0.25) is 28.7 Å². The Labute approximate surface area is 431 Å². The number of fused-ring (bicyclic) bond motifs is 1. The van der Waals surface area contributed by atoms with E-state index in [1.165, 1.54) is 18.1 Å². The number of nitrogens with zero attached hydrogens (tertiary/aromatic N) is 6. The molecule has 4 aliphatic rings. The molecule has 16 nitrogen and oxygen atoms in total. The number of aliphatic hydroxyl groups excluding tert-OH is 1. The molecule has 9 rings (SSSR count). The molecule has 4 fully saturated rings. The van der Waals surface area contributed by atoms with Gasteiger partial charge in [0, 0.05) is 55.5 Å². The lowest BCUT2D eigenvalue weighted by atomic mass is 9.60. The number of likely N-dealkylation sites (tertiary alicyclic amines) is 2. The van der Waals surface area contributed by atoms with E-state index in [0.717, 1.165) is 64.9 Å². The lowest BCUT2D eigenvalue weighted by molar-refractivity contribution is -0.145. The first-order valence-corrected chi connectivity index (χ1v) is 26.3. The van der Waals surface area contributed by atoms with Gasteiger partial charge in [0.25, 0.3) is 5.91 Å². The van der Waals surface area contributed by atoms with E-state index in [-0.39, 0.29) is 71.4 Å². The van der Waals surface area contributed by atoms with Crippen LogP contribution in [0.1, 0.15) is 125 Å². The van der Waals surface area contributed by atoms with Gasteiger partial charge in [0.1, 0.15) is 29.2 Å². The number of anilines is 1. The number of amides is 5. The van der Waals surface area contributed by atoms with Gasteiger partial charge < -0.3 is 35.6 Å². The molecule has 2 aliphatic heterocycles. The maximum Gasteiger partial charge on any atom is 0.433 e. The molecule has 394 valence electrons. The molecule has 4 atom stereocenters. The Morgan fingerprint density at radius 3 is 2.24 bits per heavy atom. The minimum atomic E-state index is -4.70. The summed E-state index contributed by atoms with van der Waals surface area (Å²) >= 11 is 1.57. The predicted octanol–water partition coefficient (Wildman–Crippen LogP) is 8.26. The van der Waals surface area contributed by atoms with Crippen LogP contribution in [0.4, 0.5) is 18.9 Å². The monoisotopic (exact) mass is 1040 g/mol. The summed E-state index contributed by atoms with van der Waals surface area (Å²) in [5, 5.41) is 25.0. The molecule has 2 aromatic carbocycles. The molecule has 20 heteroatoms. The van der Waals surface area contributed by atoms with Crippen molar-refractivity contribution in [2.45, 2.75) is 129 Å².